The van der Waals surface area contributed by atoms with Crippen molar-refractivity contribution in [2.75, 3.05) is 25.4 Å². The number of benzene rings is 1. The van der Waals surface area contributed by atoms with Crippen LogP contribution in [0.3, 0.4) is 0 Å². The van der Waals surface area contributed by atoms with Crippen LogP contribution in [0.4, 0.5) is 0 Å². The average molecular weight is 351 g/mol. The van der Waals surface area contributed by atoms with Crippen LogP contribution >= 0.6 is 23.1 Å². The second kappa shape index (κ2) is 8.88. The molecular weight excluding hydrogens is 330 g/mol. The first-order valence-corrected chi connectivity index (χ1v) is 9.57. The third kappa shape index (κ3) is 5.21. The Hall–Kier alpha value is -1.60. The minimum Gasteiger partial charge on any atom is -0.346 e. The van der Waals surface area contributed by atoms with E-state index in [4.69, 9.17) is 0 Å². The first-order valence-electron chi connectivity index (χ1n) is 7.60. The van der Waals surface area contributed by atoms with Gasteiger partial charge in [-0.2, -0.15) is 0 Å². The number of carbonyl (C=O) groups is 2. The summed E-state index contributed by atoms with van der Waals surface area (Å²) in [5.74, 6) is 0.884. The van der Waals surface area contributed by atoms with Gasteiger partial charge in [-0.25, -0.2) is 4.98 Å². The summed E-state index contributed by atoms with van der Waals surface area (Å²) < 4.78 is 1.16. The Morgan fingerprint density at radius 1 is 1.26 bits per heavy atom. The van der Waals surface area contributed by atoms with Crippen molar-refractivity contribution < 1.29 is 9.59 Å². The molecule has 1 aromatic heterocycles. The van der Waals surface area contributed by atoms with E-state index in [1.54, 1.807) is 16.2 Å². The van der Waals surface area contributed by atoms with E-state index in [-0.39, 0.29) is 18.4 Å². The molecule has 0 atom stereocenters. The van der Waals surface area contributed by atoms with Gasteiger partial charge in [0, 0.05) is 18.8 Å². The summed E-state index contributed by atoms with van der Waals surface area (Å²) >= 11 is 3.16. The minimum atomic E-state index is -0.114. The van der Waals surface area contributed by atoms with Crippen molar-refractivity contribution >= 4 is 45.1 Å². The van der Waals surface area contributed by atoms with Crippen LogP contribution in [-0.2, 0) is 15.3 Å². The number of nitrogens with one attached hydrogen (secondary N) is 1. The lowest BCUT2D eigenvalue weighted by molar-refractivity contribution is -0.132. The Bertz CT molecular complexity index is 635. The number of hydrogen-bond acceptors (Lipinski definition) is 5. The topological polar surface area (TPSA) is 62.3 Å². The fourth-order valence-electron chi connectivity index (χ4n) is 2.13. The molecule has 0 bridgehead atoms. The number of rotatable bonds is 8. The van der Waals surface area contributed by atoms with Gasteiger partial charge in [-0.3, -0.25) is 9.59 Å². The predicted molar refractivity (Wildman–Crippen MR) is 96.7 cm³/mol. The lowest BCUT2D eigenvalue weighted by Crippen LogP contribution is -2.40. The van der Waals surface area contributed by atoms with Crippen molar-refractivity contribution in [3.63, 3.8) is 0 Å². The Morgan fingerprint density at radius 2 is 2.00 bits per heavy atom. The third-order valence-electron chi connectivity index (χ3n) is 3.35. The van der Waals surface area contributed by atoms with Gasteiger partial charge in [-0.1, -0.05) is 12.1 Å². The quantitative estimate of drug-likeness (QED) is 0.794. The molecule has 5 nitrogen and oxygen atoms in total. The van der Waals surface area contributed by atoms with Gasteiger partial charge in [0.15, 0.2) is 0 Å². The number of amides is 2. The van der Waals surface area contributed by atoms with Crippen molar-refractivity contribution in [3.8, 4) is 0 Å². The molecule has 0 aliphatic carbocycles. The smallest absolute Gasteiger partial charge is 0.241 e. The molecule has 1 N–H and O–H groups in total. The largest absolute Gasteiger partial charge is 0.346 e. The van der Waals surface area contributed by atoms with Gasteiger partial charge in [0.1, 0.15) is 5.01 Å². The van der Waals surface area contributed by atoms with Gasteiger partial charge in [0.05, 0.1) is 22.5 Å². The second-order valence-corrected chi connectivity index (χ2v) is 7.01. The first kappa shape index (κ1) is 17.7. The molecule has 0 aliphatic heterocycles. The Morgan fingerprint density at radius 3 is 2.70 bits per heavy atom. The van der Waals surface area contributed by atoms with E-state index in [2.05, 4.69) is 10.3 Å². The van der Waals surface area contributed by atoms with Crippen molar-refractivity contribution in [1.82, 2.24) is 15.2 Å². The van der Waals surface area contributed by atoms with E-state index in [1.165, 1.54) is 11.8 Å². The molecule has 0 fully saturated rings. The molecule has 2 rings (SSSR count). The molecule has 0 unspecified atom stereocenters. The first-order chi connectivity index (χ1) is 11.1. The number of aromatic nitrogens is 1. The van der Waals surface area contributed by atoms with E-state index < -0.39 is 0 Å². The maximum atomic E-state index is 11.8. The van der Waals surface area contributed by atoms with Gasteiger partial charge in [-0.05, 0) is 26.0 Å². The van der Waals surface area contributed by atoms with Gasteiger partial charge in [0.2, 0.25) is 11.8 Å². The number of thiazole rings is 1. The fourth-order valence-corrected chi connectivity index (χ4v) is 4.00. The van der Waals surface area contributed by atoms with E-state index in [9.17, 15) is 9.59 Å². The zero-order valence-corrected chi connectivity index (χ0v) is 15.0. The maximum Gasteiger partial charge on any atom is 0.241 e. The highest BCUT2D eigenvalue weighted by molar-refractivity contribution is 7.99. The van der Waals surface area contributed by atoms with E-state index >= 15 is 0 Å². The Labute approximate surface area is 144 Å². The number of para-hydroxylation sites is 1. The monoisotopic (exact) mass is 351 g/mol. The highest BCUT2D eigenvalue weighted by Gasteiger charge is 2.11. The van der Waals surface area contributed by atoms with Gasteiger partial charge < -0.3 is 10.2 Å². The molecule has 0 radical (unpaired) electrons. The summed E-state index contributed by atoms with van der Waals surface area (Å²) in [5.41, 5.74) is 1.00. The highest BCUT2D eigenvalue weighted by atomic mass is 32.2. The molecule has 2 aromatic rings. The van der Waals surface area contributed by atoms with Crippen LogP contribution in [0.15, 0.2) is 24.3 Å². The number of thioether (sulfide) groups is 1. The number of carbonyl (C=O) groups excluding carboxylic acids is 2. The van der Waals surface area contributed by atoms with E-state index in [0.29, 0.717) is 24.6 Å². The minimum absolute atomic E-state index is 0.0421. The molecule has 124 valence electrons. The average Bonchev–Trinajstić information content (AvgIpc) is 2.96. The van der Waals surface area contributed by atoms with Crippen molar-refractivity contribution in [2.45, 2.75) is 19.6 Å². The second-order valence-electron chi connectivity index (χ2n) is 4.91. The lowest BCUT2D eigenvalue weighted by atomic mass is 10.3. The molecule has 7 heteroatoms. The van der Waals surface area contributed by atoms with Crippen LogP contribution < -0.4 is 5.32 Å². The molecule has 0 saturated heterocycles. The third-order valence-corrected chi connectivity index (χ3v) is 5.51. The molecule has 23 heavy (non-hydrogen) atoms. The van der Waals surface area contributed by atoms with Crippen LogP contribution in [0.2, 0.25) is 0 Å². The molecule has 2 amide bonds. The highest BCUT2D eigenvalue weighted by Crippen LogP contribution is 2.24. The standard InChI is InChI=1S/C16H21N3O2S2/c1-3-19(4-2)16(21)9-17-14(20)10-22-11-15-18-12-7-5-6-8-13(12)23-15/h5-8H,3-4,9-11H2,1-2H3,(H,17,20). The van der Waals surface area contributed by atoms with Crippen LogP contribution in [0.25, 0.3) is 10.2 Å². The lowest BCUT2D eigenvalue weighted by Gasteiger charge is -2.18. The van der Waals surface area contributed by atoms with Crippen LogP contribution in [-0.4, -0.2) is 47.1 Å². The van der Waals surface area contributed by atoms with Crippen LogP contribution in [0.1, 0.15) is 18.9 Å². The number of hydrogen-bond donors (Lipinski definition) is 1. The molecule has 0 saturated carbocycles. The SMILES string of the molecule is CCN(CC)C(=O)CNC(=O)CSCc1nc2ccccc2s1. The normalized spacial score (nSPS) is 10.7. The molecule has 0 spiro atoms. The van der Waals surface area contributed by atoms with Crippen molar-refractivity contribution in [3.05, 3.63) is 29.3 Å². The van der Waals surface area contributed by atoms with Crippen molar-refractivity contribution in [2.24, 2.45) is 0 Å². The summed E-state index contributed by atoms with van der Waals surface area (Å²) in [6.45, 7) is 5.26. The predicted octanol–water partition coefficient (Wildman–Crippen LogP) is 2.51. The maximum absolute atomic E-state index is 11.8. The van der Waals surface area contributed by atoms with Crippen molar-refractivity contribution in [1.29, 1.82) is 0 Å². The fraction of sp³-hybridized carbons (Fsp3) is 0.438. The Balaban J connectivity index is 1.71. The summed E-state index contributed by atoms with van der Waals surface area (Å²) in [6, 6.07) is 8.01. The number of nitrogens with zero attached hydrogens (tertiary/aromatic N) is 2. The Kier molecular flexibility index (Phi) is 6.85. The van der Waals surface area contributed by atoms with Crippen LogP contribution in [0.5, 0.6) is 0 Å². The molecule has 1 aromatic carbocycles. The zero-order valence-electron chi connectivity index (χ0n) is 13.4. The summed E-state index contributed by atoms with van der Waals surface area (Å²) in [6.07, 6.45) is 0. The van der Waals surface area contributed by atoms with Gasteiger partial charge in [-0.15, -0.1) is 23.1 Å². The summed E-state index contributed by atoms with van der Waals surface area (Å²) in [7, 11) is 0. The number of fused-ring (bicyclic) bond motifs is 1. The van der Waals surface area contributed by atoms with Gasteiger partial charge >= 0.3 is 0 Å². The summed E-state index contributed by atoms with van der Waals surface area (Å²) in [5, 5.41) is 3.69. The summed E-state index contributed by atoms with van der Waals surface area (Å²) in [4.78, 5) is 29.8. The number of likely N-dealkylation sites (N-methyl/N-ethyl adjacent to an activating group) is 1. The van der Waals surface area contributed by atoms with Crippen LogP contribution in [0, 0.1) is 0 Å². The van der Waals surface area contributed by atoms with E-state index in [1.807, 2.05) is 38.1 Å². The molecule has 0 aliphatic rings. The molecule has 1 heterocycles. The van der Waals surface area contributed by atoms with Gasteiger partial charge in [0.25, 0.3) is 0 Å². The zero-order chi connectivity index (χ0) is 16.7. The molecular formula is C16H21N3O2S2. The van der Waals surface area contributed by atoms with E-state index in [0.717, 1.165) is 15.2 Å².